The molecular weight excluding hydrogens is 264 g/mol. The molecule has 0 heterocycles. The van der Waals surface area contributed by atoms with Crippen LogP contribution in [0.4, 0.5) is 0 Å². The van der Waals surface area contributed by atoms with Crippen LogP contribution in [0.2, 0.25) is 0 Å². The number of carbonyl (C=O) groups is 1. The molecule has 2 aromatic carbocycles. The highest BCUT2D eigenvalue weighted by Crippen LogP contribution is 2.26. The standard InChI is InChI=1S/C18H20O3/c1-12-5-6-13(2)14(9-12)10-17(19)16-8-7-15(20-3)11-18(16)21-4/h5-9,11H,10H2,1-4H3. The molecule has 0 unspecified atom stereocenters. The van der Waals surface area contributed by atoms with Gasteiger partial charge in [-0.05, 0) is 37.1 Å². The number of ether oxygens (including phenoxy) is 2. The largest absolute Gasteiger partial charge is 0.497 e. The van der Waals surface area contributed by atoms with Gasteiger partial charge in [-0.25, -0.2) is 0 Å². The molecule has 2 rings (SSSR count). The molecule has 110 valence electrons. The van der Waals surface area contributed by atoms with E-state index in [-0.39, 0.29) is 5.78 Å². The minimum absolute atomic E-state index is 0.0446. The van der Waals surface area contributed by atoms with Gasteiger partial charge in [-0.15, -0.1) is 0 Å². The second kappa shape index (κ2) is 6.44. The Balaban J connectivity index is 2.30. The van der Waals surface area contributed by atoms with Gasteiger partial charge in [0.15, 0.2) is 5.78 Å². The molecule has 0 aliphatic rings. The van der Waals surface area contributed by atoms with Gasteiger partial charge in [-0.3, -0.25) is 4.79 Å². The second-order valence-electron chi connectivity index (χ2n) is 5.10. The van der Waals surface area contributed by atoms with Gasteiger partial charge in [0.1, 0.15) is 11.5 Å². The number of methoxy groups -OCH3 is 2. The van der Waals surface area contributed by atoms with Crippen LogP contribution < -0.4 is 9.47 Å². The van der Waals surface area contributed by atoms with Crippen molar-refractivity contribution in [3.05, 3.63) is 58.7 Å². The number of Topliss-reactive ketones (excluding diaryl/α,β-unsaturated/α-hetero) is 1. The average molecular weight is 284 g/mol. The summed E-state index contributed by atoms with van der Waals surface area (Å²) in [6, 6.07) is 11.4. The number of hydrogen-bond acceptors (Lipinski definition) is 3. The fourth-order valence-corrected chi connectivity index (χ4v) is 2.29. The molecule has 3 heteroatoms. The summed E-state index contributed by atoms with van der Waals surface area (Å²) in [4.78, 5) is 12.5. The Morgan fingerprint density at radius 3 is 2.43 bits per heavy atom. The Bertz CT molecular complexity index is 660. The third kappa shape index (κ3) is 3.43. The van der Waals surface area contributed by atoms with Crippen molar-refractivity contribution in [3.8, 4) is 11.5 Å². The van der Waals surface area contributed by atoms with Gasteiger partial charge in [-0.2, -0.15) is 0 Å². The van der Waals surface area contributed by atoms with Gasteiger partial charge in [0.25, 0.3) is 0 Å². The normalized spacial score (nSPS) is 10.3. The lowest BCUT2D eigenvalue weighted by Crippen LogP contribution is -2.07. The second-order valence-corrected chi connectivity index (χ2v) is 5.10. The van der Waals surface area contributed by atoms with E-state index in [4.69, 9.17) is 9.47 Å². The molecule has 3 nitrogen and oxygen atoms in total. The summed E-state index contributed by atoms with van der Waals surface area (Å²) in [6.07, 6.45) is 0.371. The Morgan fingerprint density at radius 2 is 1.76 bits per heavy atom. The van der Waals surface area contributed by atoms with E-state index < -0.39 is 0 Å². The molecule has 0 atom stereocenters. The summed E-state index contributed by atoms with van der Waals surface area (Å²) in [6.45, 7) is 4.05. The van der Waals surface area contributed by atoms with E-state index in [0.29, 0.717) is 23.5 Å². The average Bonchev–Trinajstić information content (AvgIpc) is 2.50. The lowest BCUT2D eigenvalue weighted by atomic mass is 9.97. The maximum absolute atomic E-state index is 12.5. The van der Waals surface area contributed by atoms with Crippen molar-refractivity contribution < 1.29 is 14.3 Å². The lowest BCUT2D eigenvalue weighted by Gasteiger charge is -2.11. The predicted octanol–water partition coefficient (Wildman–Crippen LogP) is 3.75. The van der Waals surface area contributed by atoms with Gasteiger partial charge >= 0.3 is 0 Å². The Morgan fingerprint density at radius 1 is 1.00 bits per heavy atom. The summed E-state index contributed by atoms with van der Waals surface area (Å²) in [5, 5.41) is 0. The molecule has 0 spiro atoms. The number of benzene rings is 2. The molecule has 0 aromatic heterocycles. The van der Waals surface area contributed by atoms with Crippen LogP contribution in [0, 0.1) is 13.8 Å². The molecule has 0 fully saturated rings. The number of hydrogen-bond donors (Lipinski definition) is 0. The first-order valence-corrected chi connectivity index (χ1v) is 6.86. The monoisotopic (exact) mass is 284 g/mol. The highest BCUT2D eigenvalue weighted by atomic mass is 16.5. The predicted molar refractivity (Wildman–Crippen MR) is 83.5 cm³/mol. The van der Waals surface area contributed by atoms with Crippen molar-refractivity contribution in [2.75, 3.05) is 14.2 Å². The fraction of sp³-hybridized carbons (Fsp3) is 0.278. The van der Waals surface area contributed by atoms with Crippen LogP contribution in [0.5, 0.6) is 11.5 Å². The molecule has 0 amide bonds. The van der Waals surface area contributed by atoms with E-state index in [1.54, 1.807) is 32.4 Å². The lowest BCUT2D eigenvalue weighted by molar-refractivity contribution is 0.0990. The third-order valence-electron chi connectivity index (χ3n) is 3.56. The van der Waals surface area contributed by atoms with Crippen LogP contribution in [0.1, 0.15) is 27.0 Å². The Labute approximate surface area is 125 Å². The van der Waals surface area contributed by atoms with Crippen molar-refractivity contribution in [2.45, 2.75) is 20.3 Å². The van der Waals surface area contributed by atoms with Gasteiger partial charge in [0, 0.05) is 12.5 Å². The van der Waals surface area contributed by atoms with Crippen molar-refractivity contribution in [1.29, 1.82) is 0 Å². The molecule has 21 heavy (non-hydrogen) atoms. The highest BCUT2D eigenvalue weighted by Gasteiger charge is 2.15. The van der Waals surface area contributed by atoms with Crippen molar-refractivity contribution in [1.82, 2.24) is 0 Å². The first-order chi connectivity index (χ1) is 10.0. The zero-order valence-electron chi connectivity index (χ0n) is 12.9. The first kappa shape index (κ1) is 15.1. The minimum atomic E-state index is 0.0446. The summed E-state index contributed by atoms with van der Waals surface area (Å²) < 4.78 is 10.5. The fourth-order valence-electron chi connectivity index (χ4n) is 2.29. The van der Waals surface area contributed by atoms with Gasteiger partial charge < -0.3 is 9.47 Å². The molecule has 0 aliphatic heterocycles. The molecule has 0 N–H and O–H groups in total. The maximum Gasteiger partial charge on any atom is 0.170 e. The van der Waals surface area contributed by atoms with Crippen molar-refractivity contribution in [2.24, 2.45) is 0 Å². The van der Waals surface area contributed by atoms with Crippen LogP contribution in [0.3, 0.4) is 0 Å². The number of aryl methyl sites for hydroxylation is 2. The van der Waals surface area contributed by atoms with Gasteiger partial charge in [0.2, 0.25) is 0 Å². The van der Waals surface area contributed by atoms with Crippen LogP contribution in [0.25, 0.3) is 0 Å². The van der Waals surface area contributed by atoms with E-state index >= 15 is 0 Å². The first-order valence-electron chi connectivity index (χ1n) is 6.86. The van der Waals surface area contributed by atoms with E-state index in [1.807, 2.05) is 19.9 Å². The molecule has 0 aliphatic carbocycles. The van der Waals surface area contributed by atoms with Crippen LogP contribution in [-0.2, 0) is 6.42 Å². The van der Waals surface area contributed by atoms with Gasteiger partial charge in [-0.1, -0.05) is 23.8 Å². The highest BCUT2D eigenvalue weighted by molar-refractivity contribution is 6.00. The summed E-state index contributed by atoms with van der Waals surface area (Å²) in [5.41, 5.74) is 3.92. The number of rotatable bonds is 5. The van der Waals surface area contributed by atoms with Crippen LogP contribution in [0.15, 0.2) is 36.4 Å². The van der Waals surface area contributed by atoms with E-state index in [9.17, 15) is 4.79 Å². The molecule has 0 saturated carbocycles. The van der Waals surface area contributed by atoms with E-state index in [2.05, 4.69) is 12.1 Å². The zero-order valence-corrected chi connectivity index (χ0v) is 12.9. The van der Waals surface area contributed by atoms with Crippen molar-refractivity contribution >= 4 is 5.78 Å². The minimum Gasteiger partial charge on any atom is -0.497 e. The van der Waals surface area contributed by atoms with E-state index in [1.165, 1.54) is 0 Å². The van der Waals surface area contributed by atoms with Crippen molar-refractivity contribution in [3.63, 3.8) is 0 Å². The Kier molecular flexibility index (Phi) is 4.63. The van der Waals surface area contributed by atoms with E-state index in [0.717, 1.165) is 16.7 Å². The summed E-state index contributed by atoms with van der Waals surface area (Å²) in [7, 11) is 3.15. The smallest absolute Gasteiger partial charge is 0.170 e. The quantitative estimate of drug-likeness (QED) is 0.784. The SMILES string of the molecule is COc1ccc(C(=O)Cc2cc(C)ccc2C)c(OC)c1. The van der Waals surface area contributed by atoms with Crippen LogP contribution >= 0.6 is 0 Å². The topological polar surface area (TPSA) is 35.5 Å². The summed E-state index contributed by atoms with van der Waals surface area (Å²) in [5.74, 6) is 1.27. The molecule has 0 radical (unpaired) electrons. The Hall–Kier alpha value is -2.29. The number of ketones is 1. The molecule has 0 bridgehead atoms. The molecule has 0 saturated heterocycles. The molecule has 2 aromatic rings. The van der Waals surface area contributed by atoms with Gasteiger partial charge in [0.05, 0.1) is 19.8 Å². The molecular formula is C18H20O3. The summed E-state index contributed by atoms with van der Waals surface area (Å²) >= 11 is 0. The number of carbonyl (C=O) groups excluding carboxylic acids is 1. The zero-order chi connectivity index (χ0) is 15.4. The maximum atomic E-state index is 12.5. The third-order valence-corrected chi connectivity index (χ3v) is 3.56. The van der Waals surface area contributed by atoms with Crippen LogP contribution in [-0.4, -0.2) is 20.0 Å².